The van der Waals surface area contributed by atoms with E-state index in [9.17, 15) is 14.7 Å². The zero-order valence-electron chi connectivity index (χ0n) is 18.3. The molecule has 0 aromatic heterocycles. The lowest BCUT2D eigenvalue weighted by atomic mass is 9.96. The maximum Gasteiger partial charge on any atom is 0.408 e. The zero-order valence-corrected chi connectivity index (χ0v) is 18.3. The Hall–Kier alpha value is -2.34. The van der Waals surface area contributed by atoms with Gasteiger partial charge in [0, 0.05) is 6.42 Å². The first-order chi connectivity index (χ1) is 13.5. The van der Waals surface area contributed by atoms with Crippen LogP contribution in [0.5, 0.6) is 0 Å². The van der Waals surface area contributed by atoms with E-state index in [4.69, 9.17) is 4.74 Å². The Kier molecular flexibility index (Phi) is 9.89. The summed E-state index contributed by atoms with van der Waals surface area (Å²) >= 11 is 0. The molecule has 0 aliphatic carbocycles. The monoisotopic (exact) mass is 404 g/mol. The predicted octanol–water partition coefficient (Wildman–Crippen LogP) is 3.59. The fourth-order valence-corrected chi connectivity index (χ4v) is 2.95. The van der Waals surface area contributed by atoms with Gasteiger partial charge in [-0.15, -0.1) is 6.58 Å². The molecular weight excluding hydrogens is 368 g/mol. The molecule has 0 aliphatic rings. The Morgan fingerprint density at radius 2 is 1.79 bits per heavy atom. The minimum absolute atomic E-state index is 0.283. The number of carbonyl (C=O) groups is 2. The van der Waals surface area contributed by atoms with Crippen molar-refractivity contribution in [3.8, 4) is 0 Å². The van der Waals surface area contributed by atoms with Gasteiger partial charge in [-0.25, -0.2) is 4.79 Å². The normalized spacial score (nSPS) is 14.6. The number of benzene rings is 1. The number of amides is 2. The Bertz CT molecular complexity index is 653. The lowest BCUT2D eigenvalue weighted by molar-refractivity contribution is -0.125. The van der Waals surface area contributed by atoms with Crippen molar-refractivity contribution in [2.45, 2.75) is 77.7 Å². The van der Waals surface area contributed by atoms with Gasteiger partial charge in [-0.1, -0.05) is 50.3 Å². The van der Waals surface area contributed by atoms with Crippen LogP contribution in [0.4, 0.5) is 4.79 Å². The van der Waals surface area contributed by atoms with Gasteiger partial charge in [0.2, 0.25) is 5.91 Å². The number of rotatable bonds is 10. The third kappa shape index (κ3) is 10.1. The highest BCUT2D eigenvalue weighted by atomic mass is 16.6. The SMILES string of the molecule is C=CC[C@H](O)[C@H](CC(C)C)NC(=O)[C@H](Cc1ccccc1)NC(=O)OC(C)(C)C. The summed E-state index contributed by atoms with van der Waals surface area (Å²) in [5, 5.41) is 16.0. The van der Waals surface area contributed by atoms with Crippen LogP contribution in [0.15, 0.2) is 43.0 Å². The van der Waals surface area contributed by atoms with E-state index >= 15 is 0 Å². The van der Waals surface area contributed by atoms with Crippen molar-refractivity contribution >= 4 is 12.0 Å². The number of ether oxygens (including phenoxy) is 1. The van der Waals surface area contributed by atoms with Crippen LogP contribution in [0.3, 0.4) is 0 Å². The van der Waals surface area contributed by atoms with Crippen LogP contribution < -0.4 is 10.6 Å². The van der Waals surface area contributed by atoms with Crippen molar-refractivity contribution in [3.05, 3.63) is 48.6 Å². The lowest BCUT2D eigenvalue weighted by Crippen LogP contribution is -2.54. The van der Waals surface area contributed by atoms with Gasteiger partial charge < -0.3 is 20.5 Å². The first kappa shape index (κ1) is 24.7. The molecule has 0 unspecified atom stereocenters. The molecule has 0 aliphatic heterocycles. The van der Waals surface area contributed by atoms with Crippen molar-refractivity contribution < 1.29 is 19.4 Å². The van der Waals surface area contributed by atoms with E-state index in [1.807, 2.05) is 44.2 Å². The number of nitrogens with one attached hydrogen (secondary N) is 2. The minimum Gasteiger partial charge on any atom is -0.444 e. The molecule has 3 atom stereocenters. The molecule has 0 radical (unpaired) electrons. The molecule has 2 amide bonds. The quantitative estimate of drug-likeness (QED) is 0.520. The van der Waals surface area contributed by atoms with Crippen LogP contribution in [0.1, 0.15) is 53.0 Å². The maximum absolute atomic E-state index is 13.0. The predicted molar refractivity (Wildman–Crippen MR) is 116 cm³/mol. The highest BCUT2D eigenvalue weighted by Crippen LogP contribution is 2.13. The topological polar surface area (TPSA) is 87.7 Å². The number of hydrogen-bond donors (Lipinski definition) is 3. The van der Waals surface area contributed by atoms with Gasteiger partial charge in [0.25, 0.3) is 0 Å². The van der Waals surface area contributed by atoms with Gasteiger partial charge in [-0.2, -0.15) is 0 Å². The Morgan fingerprint density at radius 1 is 1.17 bits per heavy atom. The molecule has 162 valence electrons. The van der Waals surface area contributed by atoms with Gasteiger partial charge in [0.1, 0.15) is 11.6 Å². The average molecular weight is 405 g/mol. The number of aliphatic hydroxyl groups is 1. The summed E-state index contributed by atoms with van der Waals surface area (Å²) in [5.74, 6) is -0.0698. The number of aliphatic hydroxyl groups excluding tert-OH is 1. The third-order valence-electron chi connectivity index (χ3n) is 4.22. The molecule has 0 bridgehead atoms. The van der Waals surface area contributed by atoms with E-state index in [0.717, 1.165) is 5.56 Å². The van der Waals surface area contributed by atoms with Crippen molar-refractivity contribution in [3.63, 3.8) is 0 Å². The van der Waals surface area contributed by atoms with E-state index in [1.165, 1.54) is 0 Å². The van der Waals surface area contributed by atoms with Crippen LogP contribution in [-0.4, -0.2) is 40.9 Å². The summed E-state index contributed by atoms with van der Waals surface area (Å²) in [6.45, 7) is 13.0. The van der Waals surface area contributed by atoms with Crippen molar-refractivity contribution in [1.82, 2.24) is 10.6 Å². The summed E-state index contributed by atoms with van der Waals surface area (Å²) < 4.78 is 5.32. The fourth-order valence-electron chi connectivity index (χ4n) is 2.95. The molecule has 6 nitrogen and oxygen atoms in total. The number of hydrogen-bond acceptors (Lipinski definition) is 4. The van der Waals surface area contributed by atoms with Crippen LogP contribution in [0.25, 0.3) is 0 Å². The minimum atomic E-state index is -0.821. The van der Waals surface area contributed by atoms with Crippen molar-refractivity contribution in [1.29, 1.82) is 0 Å². The Labute approximate surface area is 174 Å². The summed E-state index contributed by atoms with van der Waals surface area (Å²) in [7, 11) is 0. The second-order valence-corrected chi connectivity index (χ2v) is 8.72. The molecule has 0 heterocycles. The van der Waals surface area contributed by atoms with Gasteiger partial charge in [-0.05, 0) is 45.1 Å². The molecular formula is C23H36N2O4. The van der Waals surface area contributed by atoms with E-state index in [-0.39, 0.29) is 11.8 Å². The fraction of sp³-hybridized carbons (Fsp3) is 0.565. The van der Waals surface area contributed by atoms with Gasteiger partial charge >= 0.3 is 6.09 Å². The summed E-state index contributed by atoms with van der Waals surface area (Å²) in [4.78, 5) is 25.3. The van der Waals surface area contributed by atoms with Gasteiger partial charge in [0.15, 0.2) is 0 Å². The first-order valence-corrected chi connectivity index (χ1v) is 10.1. The van der Waals surface area contributed by atoms with Gasteiger partial charge in [-0.3, -0.25) is 4.79 Å². The highest BCUT2D eigenvalue weighted by Gasteiger charge is 2.28. The second kappa shape index (κ2) is 11.6. The molecule has 0 fully saturated rings. The number of carbonyl (C=O) groups excluding carboxylic acids is 2. The molecule has 1 aromatic carbocycles. The third-order valence-corrected chi connectivity index (χ3v) is 4.22. The highest BCUT2D eigenvalue weighted by molar-refractivity contribution is 5.86. The molecule has 29 heavy (non-hydrogen) atoms. The van der Waals surface area contributed by atoms with E-state index in [1.54, 1.807) is 26.8 Å². The summed E-state index contributed by atoms with van der Waals surface area (Å²) in [6.07, 6.45) is 1.55. The number of alkyl carbamates (subject to hydrolysis) is 1. The molecule has 3 N–H and O–H groups in total. The molecule has 1 aromatic rings. The standard InChI is InChI=1S/C23H36N2O4/c1-7-11-20(26)18(14-16(2)3)24-21(27)19(15-17-12-9-8-10-13-17)25-22(28)29-23(4,5)6/h7-10,12-13,16,18-20,26H,1,11,14-15H2,2-6H3,(H,24,27)(H,25,28)/t18-,19-,20-/m0/s1. The van der Waals surface area contributed by atoms with Crippen LogP contribution >= 0.6 is 0 Å². The average Bonchev–Trinajstić information content (AvgIpc) is 2.59. The smallest absolute Gasteiger partial charge is 0.408 e. The van der Waals surface area contributed by atoms with E-state index in [0.29, 0.717) is 19.3 Å². The second-order valence-electron chi connectivity index (χ2n) is 8.72. The van der Waals surface area contributed by atoms with Crippen molar-refractivity contribution in [2.24, 2.45) is 5.92 Å². The maximum atomic E-state index is 13.0. The van der Waals surface area contributed by atoms with Crippen LogP contribution in [-0.2, 0) is 16.0 Å². The molecule has 0 saturated carbocycles. The lowest BCUT2D eigenvalue weighted by Gasteiger charge is -2.28. The largest absolute Gasteiger partial charge is 0.444 e. The summed E-state index contributed by atoms with van der Waals surface area (Å²) in [6, 6.07) is 8.20. The van der Waals surface area contributed by atoms with Crippen LogP contribution in [0.2, 0.25) is 0 Å². The molecule has 0 saturated heterocycles. The molecule has 0 spiro atoms. The van der Waals surface area contributed by atoms with E-state index in [2.05, 4.69) is 17.2 Å². The summed E-state index contributed by atoms with van der Waals surface area (Å²) in [5.41, 5.74) is 0.244. The first-order valence-electron chi connectivity index (χ1n) is 10.1. The Balaban J connectivity index is 2.97. The Morgan fingerprint density at radius 3 is 2.31 bits per heavy atom. The van der Waals surface area contributed by atoms with E-state index < -0.39 is 29.9 Å². The molecule has 1 rings (SSSR count). The van der Waals surface area contributed by atoms with Crippen LogP contribution in [0, 0.1) is 5.92 Å². The zero-order chi connectivity index (χ0) is 22.0. The van der Waals surface area contributed by atoms with Crippen molar-refractivity contribution in [2.75, 3.05) is 0 Å². The van der Waals surface area contributed by atoms with Gasteiger partial charge in [0.05, 0.1) is 12.1 Å². The molecule has 6 heteroatoms.